The molecule has 0 bridgehead atoms. The average molecular weight is 306 g/mol. The summed E-state index contributed by atoms with van der Waals surface area (Å²) in [6.07, 6.45) is 7.12. The molecule has 2 heteroatoms. The zero-order chi connectivity index (χ0) is 16.8. The van der Waals surface area contributed by atoms with Crippen LogP contribution in [0.1, 0.15) is 73.1 Å². The number of rotatable bonds is 4. The molecule has 2 N–H and O–H groups in total. The second-order valence-electron chi connectivity index (χ2n) is 9.37. The Balaban J connectivity index is 2.23. The van der Waals surface area contributed by atoms with Crippen molar-refractivity contribution in [1.29, 1.82) is 0 Å². The third-order valence-electron chi connectivity index (χ3n) is 6.96. The van der Waals surface area contributed by atoms with E-state index in [1.165, 1.54) is 31.3 Å². The monoisotopic (exact) mass is 305 g/mol. The summed E-state index contributed by atoms with van der Waals surface area (Å²) in [5.74, 6) is 0.282. The molecule has 2 fully saturated rings. The van der Waals surface area contributed by atoms with E-state index in [0.717, 1.165) is 19.4 Å². The van der Waals surface area contributed by atoms with Crippen LogP contribution in [0.2, 0.25) is 0 Å². The van der Waals surface area contributed by atoms with Crippen molar-refractivity contribution in [1.82, 2.24) is 5.32 Å². The Kier molecular flexibility index (Phi) is 4.32. The van der Waals surface area contributed by atoms with Crippen molar-refractivity contribution in [3.8, 4) is 0 Å². The van der Waals surface area contributed by atoms with Gasteiger partial charge in [-0.15, -0.1) is 6.58 Å². The average Bonchev–Trinajstić information content (AvgIpc) is 2.38. The van der Waals surface area contributed by atoms with Crippen molar-refractivity contribution in [3.05, 3.63) is 24.5 Å². The smallest absolute Gasteiger partial charge is 0.105 e. The van der Waals surface area contributed by atoms with Gasteiger partial charge in [0, 0.05) is 6.54 Å². The quantitative estimate of drug-likeness (QED) is 0.540. The zero-order valence-electron chi connectivity index (χ0n) is 15.3. The molecule has 2 aliphatic rings. The molecule has 1 aliphatic heterocycles. The molecule has 0 amide bonds. The van der Waals surface area contributed by atoms with Gasteiger partial charge in [-0.3, -0.25) is 0 Å². The van der Waals surface area contributed by atoms with Crippen LogP contribution in [-0.2, 0) is 0 Å². The van der Waals surface area contributed by atoms with Crippen LogP contribution in [0.15, 0.2) is 24.5 Å². The number of nitrogens with one attached hydrogen (secondary N) is 1. The maximum absolute atomic E-state index is 10.1. The maximum Gasteiger partial charge on any atom is 0.105 e. The summed E-state index contributed by atoms with van der Waals surface area (Å²) in [5, 5.41) is 13.6. The third kappa shape index (κ3) is 2.99. The van der Waals surface area contributed by atoms with Gasteiger partial charge in [0.25, 0.3) is 0 Å². The number of allylic oxidation sites excluding steroid dienone is 1. The van der Waals surface area contributed by atoms with E-state index in [2.05, 4.69) is 53.1 Å². The van der Waals surface area contributed by atoms with E-state index in [0.29, 0.717) is 10.8 Å². The van der Waals surface area contributed by atoms with E-state index in [1.54, 1.807) is 0 Å². The number of aliphatic hydroxyl groups is 1. The van der Waals surface area contributed by atoms with Crippen molar-refractivity contribution >= 4 is 0 Å². The molecular formula is C20H35NO. The molecule has 0 aromatic rings. The molecule has 1 heterocycles. The SMILES string of the molecule is C=C(C)CC[C@@]1(C)CC[C@@]2(C)CN[C@](C)(C(=C)O)C[C@@]2(C)C1. The van der Waals surface area contributed by atoms with Crippen molar-refractivity contribution < 1.29 is 5.11 Å². The first-order valence-corrected chi connectivity index (χ1v) is 8.72. The lowest BCUT2D eigenvalue weighted by Crippen LogP contribution is -2.64. The summed E-state index contributed by atoms with van der Waals surface area (Å²) in [6.45, 7) is 20.4. The molecule has 4 atom stereocenters. The summed E-state index contributed by atoms with van der Waals surface area (Å²) < 4.78 is 0. The first-order valence-electron chi connectivity index (χ1n) is 8.72. The number of aliphatic hydroxyl groups excluding tert-OH is 1. The van der Waals surface area contributed by atoms with Gasteiger partial charge in [-0.1, -0.05) is 32.9 Å². The molecule has 2 rings (SSSR count). The van der Waals surface area contributed by atoms with Crippen LogP contribution in [0, 0.1) is 16.2 Å². The highest BCUT2D eigenvalue weighted by atomic mass is 16.3. The van der Waals surface area contributed by atoms with Crippen LogP contribution < -0.4 is 5.32 Å². The van der Waals surface area contributed by atoms with Gasteiger partial charge in [-0.05, 0) is 68.6 Å². The first kappa shape index (κ1) is 17.6. The zero-order valence-corrected chi connectivity index (χ0v) is 15.3. The van der Waals surface area contributed by atoms with Gasteiger partial charge in [0.15, 0.2) is 0 Å². The molecule has 1 aliphatic carbocycles. The molecule has 126 valence electrons. The lowest BCUT2D eigenvalue weighted by atomic mass is 9.46. The molecular weight excluding hydrogens is 270 g/mol. The van der Waals surface area contributed by atoms with E-state index in [4.69, 9.17) is 0 Å². The van der Waals surface area contributed by atoms with Crippen LogP contribution in [0.5, 0.6) is 0 Å². The standard InChI is InChI=1S/C20H35NO/c1-15(2)8-9-17(4)10-11-18(5)14-21-20(7,16(3)22)13-19(18,6)12-17/h21-22H,1,3,8-14H2,2,4-7H3/t17-,18-,19+,20-/m0/s1. The van der Waals surface area contributed by atoms with Crippen LogP contribution in [0.4, 0.5) is 0 Å². The number of piperidine rings is 1. The Morgan fingerprint density at radius 3 is 2.23 bits per heavy atom. The van der Waals surface area contributed by atoms with Gasteiger partial charge in [0.1, 0.15) is 5.76 Å². The van der Waals surface area contributed by atoms with E-state index >= 15 is 0 Å². The number of hydrogen-bond acceptors (Lipinski definition) is 2. The van der Waals surface area contributed by atoms with Crippen molar-refractivity contribution in [2.45, 2.75) is 78.7 Å². The minimum absolute atomic E-state index is 0.237. The van der Waals surface area contributed by atoms with Gasteiger partial charge in [-0.2, -0.15) is 0 Å². The Labute approximate surface area is 137 Å². The topological polar surface area (TPSA) is 32.3 Å². The molecule has 0 aromatic carbocycles. The minimum atomic E-state index is -0.346. The lowest BCUT2D eigenvalue weighted by Gasteiger charge is -2.62. The maximum atomic E-state index is 10.1. The normalized spacial score (nSPS) is 45.1. The second-order valence-corrected chi connectivity index (χ2v) is 9.37. The predicted octanol–water partition coefficient (Wildman–Crippen LogP) is 5.37. The summed E-state index contributed by atoms with van der Waals surface area (Å²) in [6, 6.07) is 0. The molecule has 1 saturated heterocycles. The van der Waals surface area contributed by atoms with E-state index in [-0.39, 0.29) is 16.7 Å². The lowest BCUT2D eigenvalue weighted by molar-refractivity contribution is -0.0965. The van der Waals surface area contributed by atoms with Gasteiger partial charge < -0.3 is 10.4 Å². The highest BCUT2D eigenvalue weighted by Crippen LogP contribution is 2.62. The summed E-state index contributed by atoms with van der Waals surface area (Å²) >= 11 is 0. The fourth-order valence-electron chi connectivity index (χ4n) is 4.87. The van der Waals surface area contributed by atoms with Crippen LogP contribution >= 0.6 is 0 Å². The third-order valence-corrected chi connectivity index (χ3v) is 6.96. The van der Waals surface area contributed by atoms with E-state index in [1.807, 2.05) is 0 Å². The number of hydrogen-bond donors (Lipinski definition) is 2. The molecule has 2 nitrogen and oxygen atoms in total. The molecule has 0 radical (unpaired) electrons. The summed E-state index contributed by atoms with van der Waals surface area (Å²) in [4.78, 5) is 0. The Hall–Kier alpha value is -0.760. The summed E-state index contributed by atoms with van der Waals surface area (Å²) in [7, 11) is 0. The fraction of sp³-hybridized carbons (Fsp3) is 0.800. The van der Waals surface area contributed by atoms with Gasteiger partial charge in [0.05, 0.1) is 5.54 Å². The van der Waals surface area contributed by atoms with Crippen molar-refractivity contribution in [2.24, 2.45) is 16.2 Å². The highest BCUT2D eigenvalue weighted by Gasteiger charge is 2.57. The van der Waals surface area contributed by atoms with Gasteiger partial charge in [-0.25, -0.2) is 0 Å². The van der Waals surface area contributed by atoms with E-state index in [9.17, 15) is 5.11 Å². The number of fused-ring (bicyclic) bond motifs is 1. The Bertz CT molecular complexity index is 484. The van der Waals surface area contributed by atoms with Crippen molar-refractivity contribution in [3.63, 3.8) is 0 Å². The minimum Gasteiger partial charge on any atom is -0.511 e. The molecule has 0 unspecified atom stereocenters. The fourth-order valence-corrected chi connectivity index (χ4v) is 4.87. The molecule has 0 aromatic heterocycles. The van der Waals surface area contributed by atoms with Gasteiger partial charge in [0.2, 0.25) is 0 Å². The molecule has 22 heavy (non-hydrogen) atoms. The summed E-state index contributed by atoms with van der Waals surface area (Å²) in [5.41, 5.74) is 1.88. The van der Waals surface area contributed by atoms with Gasteiger partial charge >= 0.3 is 0 Å². The molecule has 0 spiro atoms. The molecule has 1 saturated carbocycles. The van der Waals surface area contributed by atoms with E-state index < -0.39 is 0 Å². The Morgan fingerprint density at radius 1 is 1.05 bits per heavy atom. The van der Waals surface area contributed by atoms with Crippen LogP contribution in [0.25, 0.3) is 0 Å². The highest BCUT2D eigenvalue weighted by molar-refractivity contribution is 5.17. The second kappa shape index (κ2) is 5.40. The Morgan fingerprint density at radius 2 is 1.68 bits per heavy atom. The largest absolute Gasteiger partial charge is 0.511 e. The van der Waals surface area contributed by atoms with Crippen LogP contribution in [-0.4, -0.2) is 17.2 Å². The van der Waals surface area contributed by atoms with Crippen LogP contribution in [0.3, 0.4) is 0 Å². The predicted molar refractivity (Wildman–Crippen MR) is 95.0 cm³/mol. The first-order chi connectivity index (χ1) is 9.94. The van der Waals surface area contributed by atoms with Crippen molar-refractivity contribution in [2.75, 3.05) is 6.54 Å².